The Bertz CT molecular complexity index is 437. The van der Waals surface area contributed by atoms with Gasteiger partial charge in [0.15, 0.2) is 0 Å². The lowest BCUT2D eigenvalue weighted by molar-refractivity contribution is 0.301. The predicted octanol–water partition coefficient (Wildman–Crippen LogP) is 7.54. The van der Waals surface area contributed by atoms with Gasteiger partial charge in [0.25, 0.3) is 0 Å². The second-order valence-corrected chi connectivity index (χ2v) is 7.34. The van der Waals surface area contributed by atoms with E-state index in [1.165, 1.54) is 63.4 Å². The van der Waals surface area contributed by atoms with Gasteiger partial charge in [-0.3, -0.25) is 0 Å². The van der Waals surface area contributed by atoms with Crippen LogP contribution >= 0.6 is 0 Å². The Hall–Kier alpha value is -1.24. The highest BCUT2D eigenvalue weighted by atomic mass is 16.5. The summed E-state index contributed by atoms with van der Waals surface area (Å²) in [6, 6.07) is 9.37. The third-order valence-corrected chi connectivity index (χ3v) is 5.06. The molecule has 0 amide bonds. The van der Waals surface area contributed by atoms with Crippen molar-refractivity contribution in [1.29, 1.82) is 0 Å². The molecule has 1 heteroatoms. The van der Waals surface area contributed by atoms with E-state index in [1.54, 1.807) is 0 Å². The van der Waals surface area contributed by atoms with Crippen molar-refractivity contribution < 1.29 is 4.74 Å². The SMILES string of the molecule is C=CCCCCCCCOc1c[c]ccc1CCCCCC(C)CC. The minimum Gasteiger partial charge on any atom is -0.493 e. The van der Waals surface area contributed by atoms with Crippen LogP contribution in [-0.4, -0.2) is 6.61 Å². The van der Waals surface area contributed by atoms with Crippen LogP contribution in [0.5, 0.6) is 5.75 Å². The van der Waals surface area contributed by atoms with Crippen molar-refractivity contribution in [2.45, 2.75) is 90.9 Å². The summed E-state index contributed by atoms with van der Waals surface area (Å²) in [5.74, 6) is 1.93. The highest BCUT2D eigenvalue weighted by molar-refractivity contribution is 5.32. The molecule has 0 aliphatic heterocycles. The summed E-state index contributed by atoms with van der Waals surface area (Å²) < 4.78 is 6.03. The molecule has 1 aromatic carbocycles. The Kier molecular flexibility index (Phi) is 13.1. The number of allylic oxidation sites excluding steroid dienone is 1. The van der Waals surface area contributed by atoms with Gasteiger partial charge in [-0.25, -0.2) is 0 Å². The third-order valence-electron chi connectivity index (χ3n) is 5.06. The fourth-order valence-electron chi connectivity index (χ4n) is 3.08. The molecule has 0 aliphatic carbocycles. The molecule has 1 nitrogen and oxygen atoms in total. The molecule has 1 rings (SSSR count). The van der Waals surface area contributed by atoms with Gasteiger partial charge in [-0.2, -0.15) is 0 Å². The molecule has 0 saturated carbocycles. The largest absolute Gasteiger partial charge is 0.493 e. The second kappa shape index (κ2) is 15.0. The Morgan fingerprint density at radius 2 is 1.84 bits per heavy atom. The Labute approximate surface area is 156 Å². The number of unbranched alkanes of at least 4 members (excludes halogenated alkanes) is 7. The van der Waals surface area contributed by atoms with E-state index >= 15 is 0 Å². The molecule has 0 spiro atoms. The number of hydrogen-bond acceptors (Lipinski definition) is 1. The van der Waals surface area contributed by atoms with Crippen LogP contribution in [0.3, 0.4) is 0 Å². The van der Waals surface area contributed by atoms with E-state index in [-0.39, 0.29) is 0 Å². The van der Waals surface area contributed by atoms with E-state index in [4.69, 9.17) is 4.74 Å². The smallest absolute Gasteiger partial charge is 0.123 e. The highest BCUT2D eigenvalue weighted by Gasteiger charge is 2.04. The van der Waals surface area contributed by atoms with Crippen LogP contribution in [0.1, 0.15) is 90.0 Å². The molecule has 0 fully saturated rings. The van der Waals surface area contributed by atoms with Crippen LogP contribution in [0.2, 0.25) is 0 Å². The molecule has 0 bridgehead atoms. The molecule has 0 saturated heterocycles. The molecule has 0 heterocycles. The van der Waals surface area contributed by atoms with E-state index in [1.807, 2.05) is 18.2 Å². The molecule has 1 atom stereocenters. The average molecular weight is 344 g/mol. The predicted molar refractivity (Wildman–Crippen MR) is 110 cm³/mol. The van der Waals surface area contributed by atoms with Gasteiger partial charge in [-0.05, 0) is 55.7 Å². The molecule has 1 radical (unpaired) electrons. The Balaban J connectivity index is 2.17. The highest BCUT2D eigenvalue weighted by Crippen LogP contribution is 2.21. The number of hydrogen-bond donors (Lipinski definition) is 0. The monoisotopic (exact) mass is 343 g/mol. The lowest BCUT2D eigenvalue weighted by Crippen LogP contribution is -2.01. The zero-order valence-corrected chi connectivity index (χ0v) is 16.7. The van der Waals surface area contributed by atoms with Crippen LogP contribution in [0.4, 0.5) is 0 Å². The van der Waals surface area contributed by atoms with Gasteiger partial charge >= 0.3 is 0 Å². The van der Waals surface area contributed by atoms with Crippen molar-refractivity contribution in [3.63, 3.8) is 0 Å². The van der Waals surface area contributed by atoms with Crippen LogP contribution in [-0.2, 0) is 6.42 Å². The third kappa shape index (κ3) is 11.1. The number of ether oxygens (including phenoxy) is 1. The first-order valence-corrected chi connectivity index (χ1v) is 10.5. The van der Waals surface area contributed by atoms with Gasteiger partial charge in [0.1, 0.15) is 5.75 Å². The maximum atomic E-state index is 6.03. The summed E-state index contributed by atoms with van der Waals surface area (Å²) in [4.78, 5) is 0. The van der Waals surface area contributed by atoms with E-state index in [0.29, 0.717) is 0 Å². The van der Waals surface area contributed by atoms with Crippen molar-refractivity contribution in [2.24, 2.45) is 5.92 Å². The summed E-state index contributed by atoms with van der Waals surface area (Å²) >= 11 is 0. The zero-order valence-electron chi connectivity index (χ0n) is 16.7. The van der Waals surface area contributed by atoms with Gasteiger partial charge in [0.2, 0.25) is 0 Å². The first kappa shape index (κ1) is 21.8. The molecule has 141 valence electrons. The van der Waals surface area contributed by atoms with Crippen molar-refractivity contribution in [2.75, 3.05) is 6.61 Å². The normalized spacial score (nSPS) is 12.1. The summed E-state index contributed by atoms with van der Waals surface area (Å²) in [7, 11) is 0. The van der Waals surface area contributed by atoms with Gasteiger partial charge in [0.05, 0.1) is 6.61 Å². The van der Waals surface area contributed by atoms with Gasteiger partial charge < -0.3 is 4.74 Å². The zero-order chi connectivity index (χ0) is 18.2. The molecule has 1 aromatic rings. The molecule has 1 unspecified atom stereocenters. The minimum absolute atomic E-state index is 0.834. The van der Waals surface area contributed by atoms with Crippen LogP contribution < -0.4 is 4.74 Å². The first-order chi connectivity index (χ1) is 12.3. The van der Waals surface area contributed by atoms with Crippen LogP contribution in [0, 0.1) is 12.0 Å². The maximum Gasteiger partial charge on any atom is 0.123 e. The molecule has 0 aliphatic rings. The van der Waals surface area contributed by atoms with Crippen LogP contribution in [0.25, 0.3) is 0 Å². The van der Waals surface area contributed by atoms with Crippen molar-refractivity contribution in [1.82, 2.24) is 0 Å². The average Bonchev–Trinajstić information content (AvgIpc) is 2.64. The Morgan fingerprint density at radius 3 is 2.64 bits per heavy atom. The standard InChI is InChI=1S/C24H39O/c1-4-6-7-8-9-10-16-21-25-24-20-15-14-19-23(24)18-13-11-12-17-22(3)5-2/h4,14,19-20,22H,1,5-13,16-18,21H2,2-3H3. The van der Waals surface area contributed by atoms with Crippen molar-refractivity contribution >= 4 is 0 Å². The first-order valence-electron chi connectivity index (χ1n) is 10.5. The molecular weight excluding hydrogens is 304 g/mol. The summed E-state index contributed by atoms with van der Waals surface area (Å²) in [5.41, 5.74) is 1.35. The van der Waals surface area contributed by atoms with Crippen molar-refractivity contribution in [3.8, 4) is 5.75 Å². The van der Waals surface area contributed by atoms with E-state index in [0.717, 1.165) is 37.5 Å². The van der Waals surface area contributed by atoms with E-state index in [2.05, 4.69) is 32.6 Å². The number of rotatable bonds is 16. The fourth-order valence-corrected chi connectivity index (χ4v) is 3.08. The van der Waals surface area contributed by atoms with Crippen LogP contribution in [0.15, 0.2) is 30.9 Å². The number of aryl methyl sites for hydroxylation is 1. The fraction of sp³-hybridized carbons (Fsp3) is 0.667. The minimum atomic E-state index is 0.834. The summed E-state index contributed by atoms with van der Waals surface area (Å²) in [5, 5.41) is 0. The van der Waals surface area contributed by atoms with E-state index in [9.17, 15) is 0 Å². The topological polar surface area (TPSA) is 9.23 Å². The summed E-state index contributed by atoms with van der Waals surface area (Å²) in [6.07, 6.45) is 17.2. The second-order valence-electron chi connectivity index (χ2n) is 7.34. The number of benzene rings is 1. The summed E-state index contributed by atoms with van der Waals surface area (Å²) in [6.45, 7) is 9.25. The molecule has 0 aromatic heterocycles. The molecular formula is C24H39O. The van der Waals surface area contributed by atoms with Crippen molar-refractivity contribution in [3.05, 3.63) is 42.5 Å². The van der Waals surface area contributed by atoms with Gasteiger partial charge in [-0.15, -0.1) is 6.58 Å². The van der Waals surface area contributed by atoms with Gasteiger partial charge in [-0.1, -0.05) is 77.0 Å². The lowest BCUT2D eigenvalue weighted by Gasteiger charge is -2.12. The lowest BCUT2D eigenvalue weighted by atomic mass is 9.99. The quantitative estimate of drug-likeness (QED) is 0.222. The molecule has 0 N–H and O–H groups in total. The Morgan fingerprint density at radius 1 is 1.08 bits per heavy atom. The van der Waals surface area contributed by atoms with E-state index < -0.39 is 0 Å². The molecule has 25 heavy (non-hydrogen) atoms. The maximum absolute atomic E-state index is 6.03. The van der Waals surface area contributed by atoms with Gasteiger partial charge in [0, 0.05) is 0 Å².